The van der Waals surface area contributed by atoms with Crippen molar-refractivity contribution in [1.82, 2.24) is 0 Å². The SMILES string of the molecule is C[C@@]1(c2ccc(Br)cc2)[C@H](c2ccccc2)[C@@]1(F)C(=O)O. The van der Waals surface area contributed by atoms with E-state index in [1.807, 2.05) is 18.2 Å². The fourth-order valence-electron chi connectivity index (χ4n) is 3.30. The van der Waals surface area contributed by atoms with Crippen molar-refractivity contribution in [3.8, 4) is 0 Å². The van der Waals surface area contributed by atoms with Gasteiger partial charge in [0.25, 0.3) is 0 Å². The van der Waals surface area contributed by atoms with Crippen LogP contribution in [0.25, 0.3) is 0 Å². The average molecular weight is 349 g/mol. The maximum Gasteiger partial charge on any atom is 0.343 e. The summed E-state index contributed by atoms with van der Waals surface area (Å²) in [5, 5.41) is 9.41. The van der Waals surface area contributed by atoms with E-state index in [1.165, 1.54) is 0 Å². The molecule has 1 N–H and O–H groups in total. The largest absolute Gasteiger partial charge is 0.479 e. The summed E-state index contributed by atoms with van der Waals surface area (Å²) in [6, 6.07) is 16.2. The minimum atomic E-state index is -2.28. The van der Waals surface area contributed by atoms with Crippen LogP contribution in [0, 0.1) is 0 Å². The lowest BCUT2D eigenvalue weighted by Crippen LogP contribution is -2.26. The Labute approximate surface area is 130 Å². The van der Waals surface area contributed by atoms with Crippen LogP contribution >= 0.6 is 15.9 Å². The Balaban J connectivity index is 2.11. The van der Waals surface area contributed by atoms with Gasteiger partial charge in [-0.05, 0) is 23.3 Å². The first-order chi connectivity index (χ1) is 9.92. The highest BCUT2D eigenvalue weighted by Crippen LogP contribution is 2.70. The molecule has 0 radical (unpaired) electrons. The van der Waals surface area contributed by atoms with Crippen LogP contribution < -0.4 is 0 Å². The molecule has 3 atom stereocenters. The number of carbonyl (C=O) groups is 1. The molecule has 1 fully saturated rings. The summed E-state index contributed by atoms with van der Waals surface area (Å²) >= 11 is 3.34. The van der Waals surface area contributed by atoms with Gasteiger partial charge in [-0.2, -0.15) is 0 Å². The summed E-state index contributed by atoms with van der Waals surface area (Å²) in [7, 11) is 0. The summed E-state index contributed by atoms with van der Waals surface area (Å²) in [5.74, 6) is -2.08. The third kappa shape index (κ3) is 1.85. The fraction of sp³-hybridized carbons (Fsp3) is 0.235. The van der Waals surface area contributed by atoms with Crippen molar-refractivity contribution in [3.05, 3.63) is 70.2 Å². The number of hydrogen-bond donors (Lipinski definition) is 1. The Kier molecular flexibility index (Phi) is 3.17. The lowest BCUT2D eigenvalue weighted by molar-refractivity contribution is -0.145. The van der Waals surface area contributed by atoms with E-state index in [4.69, 9.17) is 0 Å². The van der Waals surface area contributed by atoms with E-state index in [0.717, 1.165) is 4.47 Å². The molecule has 0 aliphatic heterocycles. The molecule has 21 heavy (non-hydrogen) atoms. The van der Waals surface area contributed by atoms with Crippen LogP contribution in [0.15, 0.2) is 59.1 Å². The van der Waals surface area contributed by atoms with Gasteiger partial charge >= 0.3 is 5.97 Å². The molecule has 3 rings (SSSR count). The molecule has 0 unspecified atom stereocenters. The minimum absolute atomic E-state index is 0.676. The number of carboxylic acids is 1. The van der Waals surface area contributed by atoms with E-state index in [9.17, 15) is 9.90 Å². The highest BCUT2D eigenvalue weighted by atomic mass is 79.9. The van der Waals surface area contributed by atoms with Gasteiger partial charge in [0, 0.05) is 15.8 Å². The summed E-state index contributed by atoms with van der Waals surface area (Å²) in [6.45, 7) is 1.68. The van der Waals surface area contributed by atoms with Crippen molar-refractivity contribution in [1.29, 1.82) is 0 Å². The molecule has 0 saturated heterocycles. The molecule has 1 aliphatic carbocycles. The van der Waals surface area contributed by atoms with Crippen molar-refractivity contribution < 1.29 is 14.3 Å². The molecular formula is C17H14BrFO2. The molecule has 0 amide bonds. The van der Waals surface area contributed by atoms with Gasteiger partial charge in [-0.3, -0.25) is 0 Å². The lowest BCUT2D eigenvalue weighted by Gasteiger charge is -2.13. The standard InChI is InChI=1S/C17H14BrFO2/c1-16(12-7-9-13(18)10-8-12)14(17(16,19)15(20)21)11-5-3-2-4-6-11/h2-10,14H,1H3,(H,20,21)/t14-,16+,17+/m0/s1. The minimum Gasteiger partial charge on any atom is -0.479 e. The maximum atomic E-state index is 15.2. The third-order valence-electron chi connectivity index (χ3n) is 4.54. The van der Waals surface area contributed by atoms with Gasteiger partial charge in [-0.15, -0.1) is 0 Å². The smallest absolute Gasteiger partial charge is 0.343 e. The molecule has 1 saturated carbocycles. The normalized spacial score (nSPS) is 30.9. The van der Waals surface area contributed by atoms with Crippen molar-refractivity contribution in [2.24, 2.45) is 0 Å². The van der Waals surface area contributed by atoms with Gasteiger partial charge in [0.15, 0.2) is 0 Å². The van der Waals surface area contributed by atoms with Crippen LogP contribution in [-0.2, 0) is 10.2 Å². The van der Waals surface area contributed by atoms with E-state index < -0.39 is 23.0 Å². The number of benzene rings is 2. The topological polar surface area (TPSA) is 37.3 Å². The van der Waals surface area contributed by atoms with Gasteiger partial charge in [0.05, 0.1) is 0 Å². The summed E-state index contributed by atoms with van der Waals surface area (Å²) in [4.78, 5) is 11.5. The number of hydrogen-bond acceptors (Lipinski definition) is 1. The van der Waals surface area contributed by atoms with E-state index in [-0.39, 0.29) is 0 Å². The van der Waals surface area contributed by atoms with Crippen LogP contribution in [0.2, 0.25) is 0 Å². The summed E-state index contributed by atoms with van der Waals surface area (Å²) in [6.07, 6.45) is 0. The van der Waals surface area contributed by atoms with Crippen LogP contribution in [0.4, 0.5) is 4.39 Å². The monoisotopic (exact) mass is 348 g/mol. The highest BCUT2D eigenvalue weighted by molar-refractivity contribution is 9.10. The fourth-order valence-corrected chi connectivity index (χ4v) is 3.57. The van der Waals surface area contributed by atoms with Gasteiger partial charge in [-0.1, -0.05) is 65.3 Å². The number of halogens is 2. The van der Waals surface area contributed by atoms with Crippen molar-refractivity contribution in [2.75, 3.05) is 0 Å². The first-order valence-corrected chi connectivity index (χ1v) is 7.45. The van der Waals surface area contributed by atoms with Gasteiger partial charge in [-0.25, -0.2) is 9.18 Å². The third-order valence-corrected chi connectivity index (χ3v) is 5.06. The quantitative estimate of drug-likeness (QED) is 0.897. The Morgan fingerprint density at radius 2 is 1.71 bits per heavy atom. The zero-order chi connectivity index (χ0) is 15.3. The number of alkyl halides is 1. The molecule has 0 spiro atoms. The zero-order valence-corrected chi connectivity index (χ0v) is 13.0. The molecule has 1 aliphatic rings. The Morgan fingerprint density at radius 1 is 1.14 bits per heavy atom. The Bertz CT molecular complexity index is 686. The highest BCUT2D eigenvalue weighted by Gasteiger charge is 2.81. The molecular weight excluding hydrogens is 335 g/mol. The van der Waals surface area contributed by atoms with Gasteiger partial charge in [0.2, 0.25) is 5.67 Å². The second-order valence-corrected chi connectivity index (χ2v) is 6.49. The summed E-state index contributed by atoms with van der Waals surface area (Å²) < 4.78 is 16.1. The molecule has 4 heteroatoms. The van der Waals surface area contributed by atoms with Gasteiger partial charge < -0.3 is 5.11 Å². The van der Waals surface area contributed by atoms with Crippen molar-refractivity contribution in [2.45, 2.75) is 23.9 Å². The van der Waals surface area contributed by atoms with Crippen molar-refractivity contribution in [3.63, 3.8) is 0 Å². The zero-order valence-electron chi connectivity index (χ0n) is 11.4. The molecule has 0 aromatic heterocycles. The van der Waals surface area contributed by atoms with Crippen LogP contribution in [0.3, 0.4) is 0 Å². The van der Waals surface area contributed by atoms with E-state index in [2.05, 4.69) is 15.9 Å². The number of carboxylic acid groups (broad SMARTS) is 1. The molecule has 2 nitrogen and oxygen atoms in total. The molecule has 2 aromatic carbocycles. The van der Waals surface area contributed by atoms with Crippen LogP contribution in [-0.4, -0.2) is 16.7 Å². The molecule has 2 aromatic rings. The second-order valence-electron chi connectivity index (χ2n) is 5.57. The maximum absolute atomic E-state index is 15.2. The lowest BCUT2D eigenvalue weighted by atomic mass is 9.91. The Morgan fingerprint density at radius 3 is 2.24 bits per heavy atom. The number of rotatable bonds is 3. The van der Waals surface area contributed by atoms with E-state index in [0.29, 0.717) is 11.1 Å². The van der Waals surface area contributed by atoms with E-state index in [1.54, 1.807) is 43.3 Å². The summed E-state index contributed by atoms with van der Waals surface area (Å²) in [5.41, 5.74) is -1.92. The van der Waals surface area contributed by atoms with E-state index >= 15 is 4.39 Å². The van der Waals surface area contributed by atoms with Gasteiger partial charge in [0.1, 0.15) is 0 Å². The number of aliphatic carboxylic acids is 1. The Hall–Kier alpha value is -1.68. The van der Waals surface area contributed by atoms with Crippen LogP contribution in [0.5, 0.6) is 0 Å². The second kappa shape index (κ2) is 4.67. The van der Waals surface area contributed by atoms with Crippen molar-refractivity contribution >= 4 is 21.9 Å². The average Bonchev–Trinajstić information content (AvgIpc) is 3.00. The molecule has 0 bridgehead atoms. The predicted molar refractivity (Wildman–Crippen MR) is 82.2 cm³/mol. The molecule has 0 heterocycles. The molecule has 108 valence electrons. The predicted octanol–water partition coefficient (Wildman–Crippen LogP) is 4.30. The first kappa shape index (κ1) is 14.3. The van der Waals surface area contributed by atoms with Crippen LogP contribution in [0.1, 0.15) is 24.0 Å². The first-order valence-electron chi connectivity index (χ1n) is 6.65.